The van der Waals surface area contributed by atoms with Gasteiger partial charge in [0.1, 0.15) is 4.53 Å². The molecule has 0 unspecified atom stereocenters. The van der Waals surface area contributed by atoms with E-state index in [0.717, 1.165) is 22.4 Å². The van der Waals surface area contributed by atoms with Crippen LogP contribution >= 0.6 is 11.3 Å². The number of para-hydroxylation sites is 1. The molecule has 7 nitrogen and oxygen atoms in total. The summed E-state index contributed by atoms with van der Waals surface area (Å²) >= 11 is 1.18. The summed E-state index contributed by atoms with van der Waals surface area (Å²) in [4.78, 5) is 48.7. The quantitative estimate of drug-likeness (QED) is 0.352. The molecule has 0 saturated heterocycles. The van der Waals surface area contributed by atoms with Gasteiger partial charge in [0.15, 0.2) is 4.80 Å². The van der Waals surface area contributed by atoms with E-state index in [1.165, 1.54) is 15.9 Å². The summed E-state index contributed by atoms with van der Waals surface area (Å²) in [5.41, 5.74) is 3.71. The highest BCUT2D eigenvalue weighted by Crippen LogP contribution is 2.37. The smallest absolute Gasteiger partial charge is 0.338 e. The van der Waals surface area contributed by atoms with Gasteiger partial charge in [-0.3, -0.25) is 14.2 Å². The predicted molar refractivity (Wildman–Crippen MR) is 156 cm³/mol. The molecule has 2 aliphatic heterocycles. The number of hydrogen-bond donors (Lipinski definition) is 0. The lowest BCUT2D eigenvalue weighted by molar-refractivity contribution is -0.138. The Kier molecular flexibility index (Phi) is 6.56. The number of benzene rings is 3. The summed E-state index contributed by atoms with van der Waals surface area (Å²) in [6.07, 6.45) is 0. The van der Waals surface area contributed by atoms with Crippen LogP contribution in [0.25, 0.3) is 11.3 Å². The van der Waals surface area contributed by atoms with Crippen LogP contribution in [0.5, 0.6) is 0 Å². The molecule has 0 saturated carbocycles. The summed E-state index contributed by atoms with van der Waals surface area (Å²) in [5.74, 6) is -0.754. The van der Waals surface area contributed by atoms with Gasteiger partial charge in [0, 0.05) is 17.2 Å². The van der Waals surface area contributed by atoms with E-state index in [1.54, 1.807) is 11.8 Å². The van der Waals surface area contributed by atoms with Crippen LogP contribution in [0.15, 0.2) is 100 Å². The average molecular weight is 550 g/mol. The fourth-order valence-corrected chi connectivity index (χ4v) is 6.50. The number of esters is 1. The van der Waals surface area contributed by atoms with Crippen molar-refractivity contribution in [2.75, 3.05) is 11.5 Å². The molecular formula is C32H27N3O4S. The number of carbonyl (C=O) groups excluding carboxylic acids is 2. The van der Waals surface area contributed by atoms with Crippen molar-refractivity contribution in [2.45, 2.75) is 32.9 Å². The Morgan fingerprint density at radius 2 is 1.60 bits per heavy atom. The Hall–Kier alpha value is -4.56. The fraction of sp³-hybridized carbons (Fsp3) is 0.188. The molecule has 0 N–H and O–H groups in total. The van der Waals surface area contributed by atoms with E-state index in [-0.39, 0.29) is 29.7 Å². The first-order valence-corrected chi connectivity index (χ1v) is 14.0. The lowest BCUT2D eigenvalue weighted by atomic mass is 9.93. The van der Waals surface area contributed by atoms with Gasteiger partial charge >= 0.3 is 5.97 Å². The minimum absolute atomic E-state index is 0.0907. The van der Waals surface area contributed by atoms with Crippen LogP contribution in [-0.4, -0.2) is 29.1 Å². The SMILES string of the molecule is CCOC(=O)C1=C(c2ccccc2)N=c2s/c(=C3/C(=O)N(C(C)C)c4ccccc43)c(=O)n2[C@H]1c1ccccc1. The highest BCUT2D eigenvalue weighted by atomic mass is 32.1. The maximum atomic E-state index is 14.3. The van der Waals surface area contributed by atoms with Crippen molar-refractivity contribution >= 4 is 40.2 Å². The van der Waals surface area contributed by atoms with Gasteiger partial charge in [-0.1, -0.05) is 90.2 Å². The van der Waals surface area contributed by atoms with Gasteiger partial charge in [0.2, 0.25) is 0 Å². The number of aromatic nitrogens is 1. The summed E-state index contributed by atoms with van der Waals surface area (Å²) in [7, 11) is 0. The number of nitrogens with zero attached hydrogens (tertiary/aromatic N) is 3. The Bertz CT molecular complexity index is 1850. The molecule has 8 heteroatoms. The van der Waals surface area contributed by atoms with E-state index in [1.807, 2.05) is 98.8 Å². The van der Waals surface area contributed by atoms with E-state index in [9.17, 15) is 14.4 Å². The molecule has 200 valence electrons. The number of thiazole rings is 1. The molecule has 0 spiro atoms. The molecule has 1 atom stereocenters. The minimum Gasteiger partial charge on any atom is -0.463 e. The Morgan fingerprint density at radius 3 is 2.27 bits per heavy atom. The van der Waals surface area contributed by atoms with E-state index in [0.29, 0.717) is 20.6 Å². The first kappa shape index (κ1) is 25.7. The van der Waals surface area contributed by atoms with Crippen LogP contribution in [0.1, 0.15) is 43.5 Å². The number of hydrogen-bond acceptors (Lipinski definition) is 6. The van der Waals surface area contributed by atoms with Gasteiger partial charge in [-0.25, -0.2) is 9.79 Å². The number of rotatable bonds is 5. The second kappa shape index (κ2) is 10.2. The van der Waals surface area contributed by atoms with E-state index >= 15 is 0 Å². The lowest BCUT2D eigenvalue weighted by Crippen LogP contribution is -2.41. The maximum Gasteiger partial charge on any atom is 0.338 e. The number of carbonyl (C=O) groups is 2. The molecule has 40 heavy (non-hydrogen) atoms. The van der Waals surface area contributed by atoms with Crippen molar-refractivity contribution in [3.05, 3.63) is 127 Å². The average Bonchev–Trinajstić information content (AvgIpc) is 3.45. The van der Waals surface area contributed by atoms with E-state index in [4.69, 9.17) is 9.73 Å². The predicted octanol–water partition coefficient (Wildman–Crippen LogP) is 4.06. The highest BCUT2D eigenvalue weighted by Gasteiger charge is 2.38. The third-order valence-electron chi connectivity index (χ3n) is 7.07. The highest BCUT2D eigenvalue weighted by molar-refractivity contribution is 7.07. The summed E-state index contributed by atoms with van der Waals surface area (Å²) < 4.78 is 7.36. The summed E-state index contributed by atoms with van der Waals surface area (Å²) in [6, 6.07) is 25.5. The van der Waals surface area contributed by atoms with Gasteiger partial charge < -0.3 is 9.64 Å². The number of fused-ring (bicyclic) bond motifs is 2. The number of ether oxygens (including phenoxy) is 1. The van der Waals surface area contributed by atoms with Crippen LogP contribution in [0.2, 0.25) is 0 Å². The third kappa shape index (κ3) is 4.03. The van der Waals surface area contributed by atoms with Crippen molar-refractivity contribution in [1.82, 2.24) is 4.57 Å². The monoisotopic (exact) mass is 549 g/mol. The maximum absolute atomic E-state index is 14.3. The zero-order valence-electron chi connectivity index (χ0n) is 22.3. The standard InChI is InChI=1S/C32H27N3O4S/c1-4-39-31(38)25-26(20-13-7-5-8-14-20)33-32-35(27(25)21-15-9-6-10-16-21)30(37)28(40-32)24-22-17-11-12-18-23(22)34(19(2)3)29(24)36/h5-19,27H,4H2,1-3H3/b28-24+/t27-/m0/s1. The van der Waals surface area contributed by atoms with Crippen LogP contribution < -0.4 is 19.8 Å². The Labute approximate surface area is 235 Å². The second-order valence-electron chi connectivity index (χ2n) is 9.82. The van der Waals surface area contributed by atoms with Gasteiger partial charge in [-0.15, -0.1) is 0 Å². The molecule has 0 aliphatic carbocycles. The van der Waals surface area contributed by atoms with Gasteiger partial charge in [0.25, 0.3) is 11.5 Å². The minimum atomic E-state index is -0.783. The Balaban J connectivity index is 1.72. The topological polar surface area (TPSA) is 81.0 Å². The first-order valence-electron chi connectivity index (χ1n) is 13.2. The van der Waals surface area contributed by atoms with Gasteiger partial charge in [0.05, 0.1) is 35.2 Å². The lowest BCUT2D eigenvalue weighted by Gasteiger charge is -2.25. The van der Waals surface area contributed by atoms with Crippen LogP contribution in [0.3, 0.4) is 0 Å². The first-order chi connectivity index (χ1) is 19.4. The van der Waals surface area contributed by atoms with E-state index in [2.05, 4.69) is 0 Å². The fourth-order valence-electron chi connectivity index (χ4n) is 5.41. The second-order valence-corrected chi connectivity index (χ2v) is 10.8. The van der Waals surface area contributed by atoms with Crippen molar-refractivity contribution in [3.63, 3.8) is 0 Å². The molecule has 3 heterocycles. The van der Waals surface area contributed by atoms with Crippen molar-refractivity contribution in [1.29, 1.82) is 0 Å². The molecule has 3 aromatic carbocycles. The van der Waals surface area contributed by atoms with Crippen molar-refractivity contribution < 1.29 is 14.3 Å². The molecule has 2 aliphatic rings. The summed E-state index contributed by atoms with van der Waals surface area (Å²) in [5, 5.41) is 0. The largest absolute Gasteiger partial charge is 0.463 e. The molecule has 0 bridgehead atoms. The molecular weight excluding hydrogens is 522 g/mol. The van der Waals surface area contributed by atoms with Gasteiger partial charge in [-0.05, 0) is 32.4 Å². The van der Waals surface area contributed by atoms with Crippen molar-refractivity contribution in [2.24, 2.45) is 4.99 Å². The van der Waals surface area contributed by atoms with Crippen molar-refractivity contribution in [3.8, 4) is 0 Å². The van der Waals surface area contributed by atoms with Crippen LogP contribution in [-0.2, 0) is 14.3 Å². The molecule has 1 amide bonds. The molecule has 1 aromatic heterocycles. The van der Waals surface area contributed by atoms with Crippen LogP contribution in [0.4, 0.5) is 5.69 Å². The van der Waals surface area contributed by atoms with Gasteiger partial charge in [-0.2, -0.15) is 0 Å². The third-order valence-corrected chi connectivity index (χ3v) is 8.13. The van der Waals surface area contributed by atoms with Crippen LogP contribution in [0, 0.1) is 0 Å². The zero-order chi connectivity index (χ0) is 28.0. The molecule has 0 radical (unpaired) electrons. The number of amides is 1. The molecule has 6 rings (SSSR count). The number of anilines is 1. The van der Waals surface area contributed by atoms with E-state index < -0.39 is 12.0 Å². The normalized spacial score (nSPS) is 17.6. The molecule has 4 aromatic rings. The molecule has 0 fully saturated rings. The zero-order valence-corrected chi connectivity index (χ0v) is 23.1. The Morgan fingerprint density at radius 1 is 0.950 bits per heavy atom. The summed E-state index contributed by atoms with van der Waals surface area (Å²) in [6.45, 7) is 5.83.